The van der Waals surface area contributed by atoms with Crippen LogP contribution in [0.1, 0.15) is 26.7 Å². The van der Waals surface area contributed by atoms with Crippen molar-refractivity contribution in [2.45, 2.75) is 104 Å². The minimum Gasteiger partial charge on any atom is -0.444 e. The van der Waals surface area contributed by atoms with Crippen molar-refractivity contribution in [2.75, 3.05) is 32.1 Å². The predicted octanol–water partition coefficient (Wildman–Crippen LogP) is 7.43. The van der Waals surface area contributed by atoms with Crippen molar-refractivity contribution >= 4 is 16.2 Å². The molecule has 3 N–H and O–H groups in total. The number of amides is 1. The first-order valence-electron chi connectivity index (χ1n) is 13.8. The van der Waals surface area contributed by atoms with E-state index in [0.717, 1.165) is 0 Å². The molecule has 336 valence electrons. The third-order valence-corrected chi connectivity index (χ3v) is 7.60. The van der Waals surface area contributed by atoms with E-state index in [9.17, 15) is 119 Å². The molecule has 0 saturated carbocycles. The lowest BCUT2D eigenvalue weighted by Gasteiger charge is -2.40. The zero-order chi connectivity index (χ0) is 45.4. The Morgan fingerprint density at radius 3 is 1.25 bits per heavy atom. The number of nitrogens with one attached hydrogen (secondary N) is 1. The summed E-state index contributed by atoms with van der Waals surface area (Å²) in [6.45, 7) is -9.09. The third kappa shape index (κ3) is 10.7. The van der Waals surface area contributed by atoms with Crippen LogP contribution >= 0.6 is 0 Å². The van der Waals surface area contributed by atoms with Gasteiger partial charge in [0, 0.05) is 26.3 Å². The molecule has 0 aliphatic heterocycles. The molecule has 0 aromatic heterocycles. The average Bonchev–Trinajstić information content (AvgIpc) is 2.96. The summed E-state index contributed by atoms with van der Waals surface area (Å²) < 4.78 is 353. The number of alkyl carbamates (subject to hydrolysis) is 1. The van der Waals surface area contributed by atoms with Gasteiger partial charge in [-0.15, -0.1) is 0 Å². The maximum atomic E-state index is 14.2. The van der Waals surface area contributed by atoms with Crippen LogP contribution in [-0.4, -0.2) is 134 Å². The SMILES string of the molecule is CC(COC(=O)NCC(O)CS(=O)(=O)O)(OCCC(F)(F)C(F)(F)C(F)(F)C(F)(F)C(C)(F)F)OCCC(F)(F)C(F)(F)C(F)(F)C(F)(F)C(F)(F)C(F)(F)F. The number of halogens is 23. The van der Waals surface area contributed by atoms with E-state index < -0.39 is 145 Å². The number of ether oxygens (including phenoxy) is 3. The number of hydrogen-bond donors (Lipinski definition) is 3. The van der Waals surface area contributed by atoms with Gasteiger partial charge in [0.05, 0.1) is 19.3 Å². The summed E-state index contributed by atoms with van der Waals surface area (Å²) in [6, 6.07) is 0. The molecule has 0 saturated heterocycles. The Bertz CT molecular complexity index is 1450. The normalized spacial score (nSPS) is 17.1. The van der Waals surface area contributed by atoms with Crippen LogP contribution in [0.2, 0.25) is 0 Å². The molecule has 2 atom stereocenters. The first-order chi connectivity index (χ1) is 24.2. The van der Waals surface area contributed by atoms with Crippen LogP contribution in [0.5, 0.6) is 0 Å². The van der Waals surface area contributed by atoms with Crippen molar-refractivity contribution in [1.82, 2.24) is 5.32 Å². The monoisotopic (exact) mass is 911 g/mol. The van der Waals surface area contributed by atoms with Crippen LogP contribution < -0.4 is 5.32 Å². The van der Waals surface area contributed by atoms with Gasteiger partial charge >= 0.3 is 71.5 Å². The number of carbonyl (C=O) groups is 1. The van der Waals surface area contributed by atoms with Crippen molar-refractivity contribution in [3.63, 3.8) is 0 Å². The molecule has 0 aliphatic carbocycles. The molecule has 0 rings (SSSR count). The number of hydrogen-bond acceptors (Lipinski definition) is 7. The van der Waals surface area contributed by atoms with E-state index in [1.54, 1.807) is 0 Å². The minimum absolute atomic E-state index is 0.0626. The van der Waals surface area contributed by atoms with Crippen molar-refractivity contribution in [2.24, 2.45) is 0 Å². The van der Waals surface area contributed by atoms with Gasteiger partial charge in [-0.05, 0) is 6.92 Å². The van der Waals surface area contributed by atoms with Gasteiger partial charge in [-0.3, -0.25) is 4.55 Å². The van der Waals surface area contributed by atoms with Gasteiger partial charge in [-0.1, -0.05) is 0 Å². The number of aliphatic hydroxyl groups is 1. The number of aliphatic hydroxyl groups excluding tert-OH is 1. The molecule has 2 unspecified atom stereocenters. The van der Waals surface area contributed by atoms with Gasteiger partial charge in [0.1, 0.15) is 12.4 Å². The van der Waals surface area contributed by atoms with Gasteiger partial charge in [0.2, 0.25) is 0 Å². The van der Waals surface area contributed by atoms with Gasteiger partial charge in [0.15, 0.2) is 5.79 Å². The molecule has 0 aliphatic rings. The van der Waals surface area contributed by atoms with E-state index in [1.165, 1.54) is 5.32 Å². The van der Waals surface area contributed by atoms with E-state index in [-0.39, 0.29) is 6.92 Å². The largest absolute Gasteiger partial charge is 0.460 e. The van der Waals surface area contributed by atoms with Gasteiger partial charge < -0.3 is 24.6 Å². The number of rotatable bonds is 22. The van der Waals surface area contributed by atoms with E-state index in [2.05, 4.69) is 14.2 Å². The first-order valence-corrected chi connectivity index (χ1v) is 15.4. The second kappa shape index (κ2) is 16.2. The Morgan fingerprint density at radius 2 is 0.929 bits per heavy atom. The highest BCUT2D eigenvalue weighted by Crippen LogP contribution is 2.61. The Kier molecular flexibility index (Phi) is 15.5. The Labute approximate surface area is 296 Å². The summed E-state index contributed by atoms with van der Waals surface area (Å²) in [6.07, 6.45) is -18.2. The van der Waals surface area contributed by atoms with Crippen molar-refractivity contribution < 1.29 is 138 Å². The quantitative estimate of drug-likeness (QED) is 0.0582. The molecule has 9 nitrogen and oxygen atoms in total. The second-order valence-corrected chi connectivity index (χ2v) is 13.0. The maximum absolute atomic E-state index is 14.2. The zero-order valence-electron chi connectivity index (χ0n) is 27.0. The molecule has 0 heterocycles. The Balaban J connectivity index is 6.43. The van der Waals surface area contributed by atoms with Crippen LogP contribution in [0.25, 0.3) is 0 Å². The summed E-state index contributed by atoms with van der Waals surface area (Å²) in [7, 11) is -4.94. The van der Waals surface area contributed by atoms with Crippen molar-refractivity contribution in [3.05, 3.63) is 0 Å². The molecule has 0 aromatic carbocycles. The van der Waals surface area contributed by atoms with Crippen LogP contribution in [0.3, 0.4) is 0 Å². The highest BCUT2D eigenvalue weighted by molar-refractivity contribution is 7.85. The zero-order valence-corrected chi connectivity index (χ0v) is 27.8. The van der Waals surface area contributed by atoms with E-state index >= 15 is 0 Å². The summed E-state index contributed by atoms with van der Waals surface area (Å²) in [5.41, 5.74) is 0. The number of carbonyl (C=O) groups excluding carboxylic acids is 1. The minimum atomic E-state index is -8.35. The standard InChI is InChI=1S/C23H24F23NO8S/c1-12(9-53-11(49)47-7-10(48)8-56(50,51)52,54-5-3-14(26,27)17(32,33)19(36,37)16(30,31)13(2,24)25)55-6-4-15(28,29)18(34,35)20(38,39)21(40,41)22(42,43)23(44,45)46/h10,48H,3-9H2,1-2H3,(H,47,49)(H,50,51,52). The first kappa shape index (κ1) is 53.5. The highest BCUT2D eigenvalue weighted by atomic mass is 32.2. The second-order valence-electron chi connectivity index (χ2n) is 11.5. The van der Waals surface area contributed by atoms with Gasteiger partial charge in [0.25, 0.3) is 10.1 Å². The van der Waals surface area contributed by atoms with E-state index in [1.807, 2.05) is 0 Å². The van der Waals surface area contributed by atoms with Gasteiger partial charge in [-0.2, -0.15) is 109 Å². The average molecular weight is 911 g/mol. The van der Waals surface area contributed by atoms with Crippen LogP contribution in [0, 0.1) is 0 Å². The lowest BCUT2D eigenvalue weighted by atomic mass is 9.93. The van der Waals surface area contributed by atoms with Gasteiger partial charge in [-0.25, -0.2) is 4.79 Å². The summed E-state index contributed by atoms with van der Waals surface area (Å²) >= 11 is 0. The van der Waals surface area contributed by atoms with E-state index in [0.29, 0.717) is 0 Å². The maximum Gasteiger partial charge on any atom is 0.460 e. The molecule has 1 amide bonds. The fourth-order valence-electron chi connectivity index (χ4n) is 3.48. The smallest absolute Gasteiger partial charge is 0.444 e. The Morgan fingerprint density at radius 1 is 0.589 bits per heavy atom. The molecule has 33 heteroatoms. The Hall–Kier alpha value is -2.55. The summed E-state index contributed by atoms with van der Waals surface area (Å²) in [5.74, 6) is -79.5. The molecular formula is C23H24F23NO8S. The van der Waals surface area contributed by atoms with E-state index in [4.69, 9.17) is 4.55 Å². The molecule has 0 radical (unpaired) electrons. The lowest BCUT2D eigenvalue weighted by molar-refractivity contribution is -0.440. The summed E-state index contributed by atoms with van der Waals surface area (Å²) in [5, 5.41) is 10.8. The lowest BCUT2D eigenvalue weighted by Crippen LogP contribution is -2.70. The third-order valence-electron chi connectivity index (χ3n) is 6.80. The van der Waals surface area contributed by atoms with Crippen LogP contribution in [-0.2, 0) is 24.3 Å². The molecular weight excluding hydrogens is 887 g/mol. The van der Waals surface area contributed by atoms with Crippen molar-refractivity contribution in [3.8, 4) is 0 Å². The van der Waals surface area contributed by atoms with Crippen molar-refractivity contribution in [1.29, 1.82) is 0 Å². The molecule has 56 heavy (non-hydrogen) atoms. The predicted molar refractivity (Wildman–Crippen MR) is 133 cm³/mol. The molecule has 0 aromatic rings. The molecule has 0 spiro atoms. The fraction of sp³-hybridized carbons (Fsp3) is 0.957. The summed E-state index contributed by atoms with van der Waals surface area (Å²) in [4.78, 5) is 11.8. The van der Waals surface area contributed by atoms with Crippen LogP contribution in [0.4, 0.5) is 106 Å². The molecule has 0 fully saturated rings. The fourth-order valence-corrected chi connectivity index (χ4v) is 4.09. The topological polar surface area (TPSA) is 131 Å². The highest BCUT2D eigenvalue weighted by Gasteiger charge is 2.90. The molecule has 0 bridgehead atoms. The van der Waals surface area contributed by atoms with Crippen LogP contribution in [0.15, 0.2) is 0 Å². The number of alkyl halides is 23.